The Morgan fingerprint density at radius 1 is 1.27 bits per heavy atom. The number of benzene rings is 1. The Labute approximate surface area is 155 Å². The molecule has 0 fully saturated rings. The number of rotatable bonds is 3. The fourth-order valence-electron chi connectivity index (χ4n) is 2.34. The van der Waals surface area contributed by atoms with Gasteiger partial charge in [-0.3, -0.25) is 5.10 Å². The van der Waals surface area contributed by atoms with Gasteiger partial charge in [-0.1, -0.05) is 0 Å². The topological polar surface area (TPSA) is 93.2 Å². The van der Waals surface area contributed by atoms with Crippen molar-refractivity contribution in [3.8, 4) is 5.75 Å². The third-order valence-corrected chi connectivity index (χ3v) is 3.58. The highest BCUT2D eigenvalue weighted by atomic mass is 35.5. The van der Waals surface area contributed by atoms with E-state index in [1.165, 1.54) is 18.2 Å². The van der Waals surface area contributed by atoms with Crippen LogP contribution in [0.5, 0.6) is 5.75 Å². The Bertz CT molecular complexity index is 951. The van der Waals surface area contributed by atoms with Gasteiger partial charge in [0.25, 0.3) is 0 Å². The van der Waals surface area contributed by atoms with Crippen molar-refractivity contribution in [1.29, 1.82) is 0 Å². The highest BCUT2D eigenvalue weighted by Gasteiger charge is 2.29. The van der Waals surface area contributed by atoms with Gasteiger partial charge in [0, 0.05) is 5.39 Å². The van der Waals surface area contributed by atoms with Gasteiger partial charge in [0.2, 0.25) is 5.28 Å². The smallest absolute Gasteiger partial charge is 0.420 e. The number of amides is 1. The van der Waals surface area contributed by atoms with Gasteiger partial charge in [-0.25, -0.2) is 14.7 Å². The Kier molecular flexibility index (Phi) is 4.69. The molecule has 3 rings (SSSR count). The van der Waals surface area contributed by atoms with E-state index in [9.17, 15) is 4.79 Å². The van der Waals surface area contributed by atoms with E-state index in [1.54, 1.807) is 39.1 Å². The number of aromatic amines is 1. The fourth-order valence-corrected chi connectivity index (χ4v) is 2.46. The van der Waals surface area contributed by atoms with Gasteiger partial charge >= 0.3 is 6.09 Å². The molecular formula is C17H18ClN5O3. The maximum atomic E-state index is 12.9. The number of aromatic nitrogens is 4. The van der Waals surface area contributed by atoms with Crippen LogP contribution in [0.25, 0.3) is 10.9 Å². The number of anilines is 2. The number of hydrogen-bond donors (Lipinski definition) is 1. The highest BCUT2D eigenvalue weighted by Crippen LogP contribution is 2.34. The lowest BCUT2D eigenvalue weighted by Crippen LogP contribution is -2.34. The van der Waals surface area contributed by atoms with Gasteiger partial charge in [0.1, 0.15) is 5.60 Å². The summed E-state index contributed by atoms with van der Waals surface area (Å²) in [6.07, 6.45) is 2.45. The van der Waals surface area contributed by atoms with Crippen LogP contribution in [-0.2, 0) is 4.74 Å². The molecule has 0 aliphatic heterocycles. The second-order valence-electron chi connectivity index (χ2n) is 6.49. The summed E-state index contributed by atoms with van der Waals surface area (Å²) < 4.78 is 10.9. The fraction of sp³-hybridized carbons (Fsp3) is 0.294. The summed E-state index contributed by atoms with van der Waals surface area (Å²) in [6, 6.07) is 5.35. The van der Waals surface area contributed by atoms with Crippen LogP contribution in [0, 0.1) is 0 Å². The molecule has 0 radical (unpaired) electrons. The first-order valence-electron chi connectivity index (χ1n) is 7.81. The molecule has 0 aliphatic rings. The van der Waals surface area contributed by atoms with Crippen molar-refractivity contribution in [2.45, 2.75) is 26.4 Å². The molecule has 136 valence electrons. The highest BCUT2D eigenvalue weighted by molar-refractivity contribution is 6.28. The summed E-state index contributed by atoms with van der Waals surface area (Å²) in [5.41, 5.74) is 0.672. The lowest BCUT2D eigenvalue weighted by atomic mass is 10.2. The minimum Gasteiger partial charge on any atom is -0.491 e. The number of carbonyl (C=O) groups is 1. The van der Waals surface area contributed by atoms with E-state index >= 15 is 0 Å². The van der Waals surface area contributed by atoms with E-state index < -0.39 is 11.7 Å². The quantitative estimate of drug-likeness (QED) is 0.693. The number of ether oxygens (including phenoxy) is 2. The Morgan fingerprint density at radius 2 is 2.04 bits per heavy atom. The molecule has 26 heavy (non-hydrogen) atoms. The van der Waals surface area contributed by atoms with Crippen LogP contribution < -0.4 is 9.64 Å². The molecule has 8 nitrogen and oxygen atoms in total. The number of carbonyl (C=O) groups excluding carboxylic acids is 1. The van der Waals surface area contributed by atoms with Crippen LogP contribution in [-0.4, -0.2) is 39.0 Å². The first-order chi connectivity index (χ1) is 12.3. The van der Waals surface area contributed by atoms with Crippen molar-refractivity contribution in [3.05, 3.63) is 35.9 Å². The van der Waals surface area contributed by atoms with Gasteiger partial charge in [-0.2, -0.15) is 10.1 Å². The lowest BCUT2D eigenvalue weighted by Gasteiger charge is -2.27. The van der Waals surface area contributed by atoms with E-state index in [-0.39, 0.29) is 16.9 Å². The Hall–Kier alpha value is -2.87. The molecule has 1 aromatic carbocycles. The zero-order chi connectivity index (χ0) is 18.9. The van der Waals surface area contributed by atoms with Gasteiger partial charge < -0.3 is 9.47 Å². The third-order valence-electron chi connectivity index (χ3n) is 3.40. The summed E-state index contributed by atoms with van der Waals surface area (Å²) in [6.45, 7) is 5.35. The molecule has 0 saturated carbocycles. The van der Waals surface area contributed by atoms with Crippen LogP contribution in [0.15, 0.2) is 30.6 Å². The maximum Gasteiger partial charge on any atom is 0.420 e. The summed E-state index contributed by atoms with van der Waals surface area (Å²) in [5.74, 6) is 0.470. The second-order valence-corrected chi connectivity index (χ2v) is 6.83. The first kappa shape index (κ1) is 17.9. The Morgan fingerprint density at radius 3 is 2.73 bits per heavy atom. The summed E-state index contributed by atoms with van der Waals surface area (Å²) in [5, 5.41) is 7.68. The van der Waals surface area contributed by atoms with Crippen LogP contribution in [0.4, 0.5) is 16.3 Å². The molecule has 9 heteroatoms. The number of halogens is 1. The molecule has 1 N–H and O–H groups in total. The van der Waals surface area contributed by atoms with Crippen LogP contribution in [0.1, 0.15) is 20.8 Å². The molecule has 2 heterocycles. The number of methoxy groups -OCH3 is 1. The standard InChI is InChI=1S/C17H18ClN5O3/c1-17(2,3)26-16(24)23(14-13(25-4)9-19-15(18)21-14)11-5-6-12-10(7-11)8-20-22-12/h5-9H,1-4H3,(H,20,22). The van der Waals surface area contributed by atoms with Crippen molar-refractivity contribution < 1.29 is 14.3 Å². The number of H-pyrrole nitrogens is 1. The van der Waals surface area contributed by atoms with Crippen molar-refractivity contribution in [2.24, 2.45) is 0 Å². The van der Waals surface area contributed by atoms with E-state index in [4.69, 9.17) is 21.1 Å². The molecule has 0 bridgehead atoms. The van der Waals surface area contributed by atoms with Crippen LogP contribution >= 0.6 is 11.6 Å². The number of fused-ring (bicyclic) bond motifs is 1. The van der Waals surface area contributed by atoms with E-state index in [2.05, 4.69) is 20.2 Å². The minimum atomic E-state index is -0.695. The summed E-state index contributed by atoms with van der Waals surface area (Å²) >= 11 is 5.95. The molecule has 1 amide bonds. The largest absolute Gasteiger partial charge is 0.491 e. The predicted octanol–water partition coefficient (Wildman–Crippen LogP) is 4.09. The van der Waals surface area contributed by atoms with E-state index in [0.29, 0.717) is 5.69 Å². The zero-order valence-electron chi connectivity index (χ0n) is 14.8. The van der Waals surface area contributed by atoms with Crippen molar-refractivity contribution in [3.63, 3.8) is 0 Å². The minimum absolute atomic E-state index is 0.0150. The number of nitrogens with one attached hydrogen (secondary N) is 1. The predicted molar refractivity (Wildman–Crippen MR) is 98.1 cm³/mol. The summed E-state index contributed by atoms with van der Waals surface area (Å²) in [7, 11) is 1.46. The molecule has 0 atom stereocenters. The molecule has 0 unspecified atom stereocenters. The van der Waals surface area contributed by atoms with E-state index in [0.717, 1.165) is 10.9 Å². The number of hydrogen-bond acceptors (Lipinski definition) is 6. The zero-order valence-corrected chi connectivity index (χ0v) is 15.5. The normalized spacial score (nSPS) is 11.4. The van der Waals surface area contributed by atoms with Gasteiger partial charge in [0.15, 0.2) is 11.6 Å². The van der Waals surface area contributed by atoms with Crippen molar-refractivity contribution >= 4 is 40.1 Å². The van der Waals surface area contributed by atoms with Crippen LogP contribution in [0.3, 0.4) is 0 Å². The maximum absolute atomic E-state index is 12.9. The molecule has 0 saturated heterocycles. The average Bonchev–Trinajstić information content (AvgIpc) is 3.01. The second kappa shape index (κ2) is 6.80. The molecule has 0 aliphatic carbocycles. The van der Waals surface area contributed by atoms with Gasteiger partial charge in [0.05, 0.1) is 30.7 Å². The molecular weight excluding hydrogens is 358 g/mol. The molecule has 2 aromatic heterocycles. The van der Waals surface area contributed by atoms with E-state index in [1.807, 2.05) is 6.07 Å². The van der Waals surface area contributed by atoms with Crippen LogP contribution in [0.2, 0.25) is 5.28 Å². The van der Waals surface area contributed by atoms with Gasteiger partial charge in [-0.15, -0.1) is 0 Å². The molecule has 0 spiro atoms. The first-order valence-corrected chi connectivity index (χ1v) is 8.19. The monoisotopic (exact) mass is 375 g/mol. The SMILES string of the molecule is COc1cnc(Cl)nc1N(C(=O)OC(C)(C)C)c1ccc2[nH]ncc2c1. The number of nitrogens with zero attached hydrogens (tertiary/aromatic N) is 4. The summed E-state index contributed by atoms with van der Waals surface area (Å²) in [4.78, 5) is 22.3. The average molecular weight is 376 g/mol. The van der Waals surface area contributed by atoms with Crippen molar-refractivity contribution in [2.75, 3.05) is 12.0 Å². The molecule has 3 aromatic rings. The third kappa shape index (κ3) is 3.70. The lowest BCUT2D eigenvalue weighted by molar-refractivity contribution is 0.0597. The van der Waals surface area contributed by atoms with Crippen molar-refractivity contribution in [1.82, 2.24) is 20.2 Å². The van der Waals surface area contributed by atoms with Gasteiger partial charge in [-0.05, 0) is 50.6 Å². The Balaban J connectivity index is 2.16.